The van der Waals surface area contributed by atoms with Crippen molar-refractivity contribution in [3.63, 3.8) is 0 Å². The van der Waals surface area contributed by atoms with Gasteiger partial charge in [-0.3, -0.25) is 19.1 Å². The second-order valence-electron chi connectivity index (χ2n) is 5.35. The van der Waals surface area contributed by atoms with Gasteiger partial charge in [-0.25, -0.2) is 4.79 Å². The lowest BCUT2D eigenvalue weighted by molar-refractivity contribution is 0.102. The number of hydrogen-bond acceptors (Lipinski definition) is 4. The van der Waals surface area contributed by atoms with Gasteiger partial charge in [0.25, 0.3) is 11.5 Å². The van der Waals surface area contributed by atoms with Crippen molar-refractivity contribution in [3.8, 4) is 5.88 Å². The number of para-hydroxylation sites is 1. The van der Waals surface area contributed by atoms with Crippen LogP contribution in [-0.2, 0) is 6.54 Å². The number of hydrogen-bond donors (Lipinski definition) is 3. The predicted octanol–water partition coefficient (Wildman–Crippen LogP) is 1.54. The van der Waals surface area contributed by atoms with Gasteiger partial charge in [0.05, 0.1) is 6.54 Å². The zero-order chi connectivity index (χ0) is 17.8. The summed E-state index contributed by atoms with van der Waals surface area (Å²) in [5.41, 5.74) is -1.05. The van der Waals surface area contributed by atoms with E-state index in [9.17, 15) is 19.5 Å². The highest BCUT2D eigenvalue weighted by Crippen LogP contribution is 2.15. The SMILES string of the molecule is O=C(Nc1ccccc1)c1c(O)n(Cc2ccccc2)c(=O)[nH]c1=O. The van der Waals surface area contributed by atoms with Crippen molar-refractivity contribution in [1.29, 1.82) is 0 Å². The van der Waals surface area contributed by atoms with E-state index in [4.69, 9.17) is 0 Å². The number of nitrogens with zero attached hydrogens (tertiary/aromatic N) is 1. The van der Waals surface area contributed by atoms with Gasteiger partial charge < -0.3 is 10.4 Å². The summed E-state index contributed by atoms with van der Waals surface area (Å²) in [6, 6.07) is 17.4. The lowest BCUT2D eigenvalue weighted by atomic mass is 10.2. The molecule has 0 bridgehead atoms. The van der Waals surface area contributed by atoms with Gasteiger partial charge in [0.15, 0.2) is 5.56 Å². The summed E-state index contributed by atoms with van der Waals surface area (Å²) in [4.78, 5) is 38.5. The summed E-state index contributed by atoms with van der Waals surface area (Å²) in [7, 11) is 0. The van der Waals surface area contributed by atoms with Crippen LogP contribution in [-0.4, -0.2) is 20.6 Å². The maximum Gasteiger partial charge on any atom is 0.331 e. The lowest BCUT2D eigenvalue weighted by Crippen LogP contribution is -2.35. The van der Waals surface area contributed by atoms with Crippen LogP contribution in [0, 0.1) is 0 Å². The van der Waals surface area contributed by atoms with E-state index in [1.165, 1.54) is 0 Å². The van der Waals surface area contributed by atoms with Gasteiger partial charge in [0.2, 0.25) is 5.88 Å². The second kappa shape index (κ2) is 6.88. The van der Waals surface area contributed by atoms with E-state index in [1.807, 2.05) is 6.07 Å². The van der Waals surface area contributed by atoms with Crippen LogP contribution in [0.3, 0.4) is 0 Å². The third kappa shape index (κ3) is 3.50. The van der Waals surface area contributed by atoms with Crippen molar-refractivity contribution >= 4 is 11.6 Å². The Morgan fingerprint density at radius 2 is 1.60 bits per heavy atom. The van der Waals surface area contributed by atoms with Gasteiger partial charge >= 0.3 is 5.69 Å². The summed E-state index contributed by atoms with van der Waals surface area (Å²) in [5, 5.41) is 12.9. The minimum absolute atomic E-state index is 0.0217. The molecule has 0 unspecified atom stereocenters. The Hall–Kier alpha value is -3.61. The van der Waals surface area contributed by atoms with Crippen LogP contribution in [0.15, 0.2) is 70.3 Å². The van der Waals surface area contributed by atoms with Gasteiger partial charge in [-0.05, 0) is 17.7 Å². The Balaban J connectivity index is 2.00. The molecule has 0 fully saturated rings. The van der Waals surface area contributed by atoms with E-state index in [-0.39, 0.29) is 6.54 Å². The molecule has 0 atom stereocenters. The highest BCUT2D eigenvalue weighted by atomic mass is 16.3. The summed E-state index contributed by atoms with van der Waals surface area (Å²) in [6.45, 7) is 0.0217. The van der Waals surface area contributed by atoms with Crippen molar-refractivity contribution in [2.24, 2.45) is 0 Å². The minimum Gasteiger partial charge on any atom is -0.494 e. The Kier molecular flexibility index (Phi) is 4.47. The molecule has 0 spiro atoms. The molecule has 0 aliphatic rings. The summed E-state index contributed by atoms with van der Waals surface area (Å²) in [5.74, 6) is -1.47. The van der Waals surface area contributed by atoms with Crippen LogP contribution in [0.2, 0.25) is 0 Å². The van der Waals surface area contributed by atoms with E-state index >= 15 is 0 Å². The van der Waals surface area contributed by atoms with Gasteiger partial charge in [0, 0.05) is 5.69 Å². The van der Waals surface area contributed by atoms with Crippen molar-refractivity contribution in [2.45, 2.75) is 6.54 Å². The number of aromatic nitrogens is 2. The molecule has 0 aliphatic carbocycles. The first-order valence-electron chi connectivity index (χ1n) is 7.52. The Morgan fingerprint density at radius 3 is 2.24 bits per heavy atom. The quantitative estimate of drug-likeness (QED) is 0.672. The average molecular weight is 337 g/mol. The second-order valence-corrected chi connectivity index (χ2v) is 5.35. The smallest absolute Gasteiger partial charge is 0.331 e. The summed E-state index contributed by atoms with van der Waals surface area (Å²) in [6.07, 6.45) is 0. The summed E-state index contributed by atoms with van der Waals surface area (Å²) >= 11 is 0. The van der Waals surface area contributed by atoms with Crippen LogP contribution in [0.1, 0.15) is 15.9 Å². The average Bonchev–Trinajstić information content (AvgIpc) is 2.60. The molecule has 0 radical (unpaired) electrons. The lowest BCUT2D eigenvalue weighted by Gasteiger charge is -2.11. The first-order valence-corrected chi connectivity index (χ1v) is 7.52. The van der Waals surface area contributed by atoms with Crippen molar-refractivity contribution < 1.29 is 9.90 Å². The van der Waals surface area contributed by atoms with E-state index < -0.39 is 28.6 Å². The molecule has 3 N–H and O–H groups in total. The van der Waals surface area contributed by atoms with E-state index in [1.54, 1.807) is 54.6 Å². The number of aromatic hydroxyl groups is 1. The minimum atomic E-state index is -0.944. The third-order valence-corrected chi connectivity index (χ3v) is 3.61. The molecule has 0 saturated carbocycles. The fourth-order valence-electron chi connectivity index (χ4n) is 2.39. The van der Waals surface area contributed by atoms with Crippen LogP contribution < -0.4 is 16.6 Å². The zero-order valence-corrected chi connectivity index (χ0v) is 13.1. The monoisotopic (exact) mass is 337 g/mol. The number of carbonyl (C=O) groups is 1. The molecule has 0 aliphatic heterocycles. The molecular formula is C18H15N3O4. The van der Waals surface area contributed by atoms with Crippen LogP contribution in [0.5, 0.6) is 5.88 Å². The Morgan fingerprint density at radius 1 is 1.00 bits per heavy atom. The predicted molar refractivity (Wildman–Crippen MR) is 92.9 cm³/mol. The molecule has 126 valence electrons. The molecule has 7 nitrogen and oxygen atoms in total. The number of nitrogens with one attached hydrogen (secondary N) is 2. The fraction of sp³-hybridized carbons (Fsp3) is 0.0556. The number of H-pyrrole nitrogens is 1. The number of rotatable bonds is 4. The van der Waals surface area contributed by atoms with E-state index in [2.05, 4.69) is 10.3 Å². The van der Waals surface area contributed by atoms with Crippen LogP contribution in [0.4, 0.5) is 5.69 Å². The van der Waals surface area contributed by atoms with Gasteiger partial charge in [-0.1, -0.05) is 48.5 Å². The van der Waals surface area contributed by atoms with Crippen molar-refractivity contribution in [3.05, 3.63) is 92.6 Å². The van der Waals surface area contributed by atoms with Gasteiger partial charge in [-0.15, -0.1) is 0 Å². The molecule has 25 heavy (non-hydrogen) atoms. The van der Waals surface area contributed by atoms with Crippen LogP contribution in [0.25, 0.3) is 0 Å². The third-order valence-electron chi connectivity index (χ3n) is 3.61. The largest absolute Gasteiger partial charge is 0.494 e. The molecule has 3 rings (SSSR count). The molecule has 3 aromatic rings. The number of carbonyl (C=O) groups excluding carboxylic acids is 1. The molecular weight excluding hydrogens is 322 g/mol. The summed E-state index contributed by atoms with van der Waals surface area (Å²) < 4.78 is 0.941. The fourth-order valence-corrected chi connectivity index (χ4v) is 2.39. The van der Waals surface area contributed by atoms with Gasteiger partial charge in [-0.2, -0.15) is 0 Å². The molecule has 0 saturated heterocycles. The number of aromatic amines is 1. The van der Waals surface area contributed by atoms with Crippen LogP contribution >= 0.6 is 0 Å². The molecule has 2 aromatic carbocycles. The Labute approximate surface area is 142 Å². The molecule has 1 heterocycles. The standard InChI is InChI=1S/C18H15N3O4/c22-15(19-13-9-5-2-6-10-13)14-16(23)20-18(25)21(17(14)24)11-12-7-3-1-4-8-12/h1-10,24H,11H2,(H,19,22)(H,20,23,25). The Bertz CT molecular complexity index is 1010. The highest BCUT2D eigenvalue weighted by molar-refractivity contribution is 6.05. The number of anilines is 1. The molecule has 1 amide bonds. The molecule has 1 aromatic heterocycles. The number of amides is 1. The van der Waals surface area contributed by atoms with E-state index in [0.29, 0.717) is 5.69 Å². The highest BCUT2D eigenvalue weighted by Gasteiger charge is 2.21. The van der Waals surface area contributed by atoms with Gasteiger partial charge in [0.1, 0.15) is 0 Å². The first-order chi connectivity index (χ1) is 12.1. The number of benzene rings is 2. The maximum absolute atomic E-state index is 12.4. The van der Waals surface area contributed by atoms with Crippen molar-refractivity contribution in [1.82, 2.24) is 9.55 Å². The first kappa shape index (κ1) is 16.3. The molecule has 7 heteroatoms. The van der Waals surface area contributed by atoms with Crippen molar-refractivity contribution in [2.75, 3.05) is 5.32 Å². The maximum atomic E-state index is 12.4. The topological polar surface area (TPSA) is 104 Å². The zero-order valence-electron chi connectivity index (χ0n) is 13.1. The van der Waals surface area contributed by atoms with E-state index in [0.717, 1.165) is 10.1 Å². The normalized spacial score (nSPS) is 10.4.